The molecule has 2 aromatic carbocycles. The van der Waals surface area contributed by atoms with Crippen LogP contribution in [0.3, 0.4) is 0 Å². The van der Waals surface area contributed by atoms with Gasteiger partial charge in [-0.1, -0.05) is 28.1 Å². The summed E-state index contributed by atoms with van der Waals surface area (Å²) in [7, 11) is 0. The van der Waals surface area contributed by atoms with E-state index in [2.05, 4.69) is 37.2 Å². The van der Waals surface area contributed by atoms with Crippen LogP contribution in [-0.2, 0) is 6.42 Å². The third-order valence-electron chi connectivity index (χ3n) is 4.76. The number of H-pyrrole nitrogens is 1. The Morgan fingerprint density at radius 3 is 2.83 bits per heavy atom. The molecule has 29 heavy (non-hydrogen) atoms. The van der Waals surface area contributed by atoms with Crippen molar-refractivity contribution in [2.24, 2.45) is 5.73 Å². The fourth-order valence-corrected chi connectivity index (χ4v) is 3.55. The summed E-state index contributed by atoms with van der Waals surface area (Å²) >= 11 is 3.26. The maximum Gasteiger partial charge on any atom is 0.138 e. The van der Waals surface area contributed by atoms with E-state index in [1.807, 2.05) is 25.1 Å². The van der Waals surface area contributed by atoms with Crippen molar-refractivity contribution in [2.45, 2.75) is 19.4 Å². The molecule has 0 saturated heterocycles. The highest BCUT2D eigenvalue weighted by Crippen LogP contribution is 2.27. The Morgan fingerprint density at radius 2 is 2.00 bits per heavy atom. The fraction of sp³-hybridized carbons (Fsp3) is 0.182. The first-order chi connectivity index (χ1) is 14.0. The van der Waals surface area contributed by atoms with E-state index in [9.17, 15) is 4.39 Å². The first-order valence-corrected chi connectivity index (χ1v) is 10.0. The maximum absolute atomic E-state index is 14.0. The molecule has 0 aliphatic carbocycles. The smallest absolute Gasteiger partial charge is 0.138 e. The molecule has 0 amide bonds. The summed E-state index contributed by atoms with van der Waals surface area (Å²) in [5.41, 5.74) is 10.6. The predicted molar refractivity (Wildman–Crippen MR) is 115 cm³/mol. The number of ether oxygens (including phenoxy) is 1. The molecule has 0 radical (unpaired) electrons. The van der Waals surface area contributed by atoms with Gasteiger partial charge in [-0.2, -0.15) is 5.10 Å². The molecule has 4 rings (SSSR count). The number of nitrogens with zero attached hydrogens (tertiary/aromatic N) is 2. The lowest BCUT2D eigenvalue weighted by molar-refractivity contribution is 0.286. The first-order valence-electron chi connectivity index (χ1n) is 9.22. The van der Waals surface area contributed by atoms with Crippen molar-refractivity contribution in [1.82, 2.24) is 15.2 Å². The molecule has 2 heterocycles. The molecule has 0 aliphatic heterocycles. The van der Waals surface area contributed by atoms with Crippen LogP contribution in [0.1, 0.15) is 11.3 Å². The van der Waals surface area contributed by atoms with Gasteiger partial charge in [-0.05, 0) is 54.8 Å². The second kappa shape index (κ2) is 8.31. The van der Waals surface area contributed by atoms with Gasteiger partial charge in [-0.3, -0.25) is 10.1 Å². The molecule has 4 aromatic rings. The van der Waals surface area contributed by atoms with Crippen LogP contribution in [0.2, 0.25) is 0 Å². The Bertz CT molecular complexity index is 1160. The summed E-state index contributed by atoms with van der Waals surface area (Å²) < 4.78 is 20.5. The minimum atomic E-state index is -0.334. The summed E-state index contributed by atoms with van der Waals surface area (Å²) in [5, 5.41) is 8.31. The van der Waals surface area contributed by atoms with E-state index < -0.39 is 0 Å². The van der Waals surface area contributed by atoms with E-state index >= 15 is 0 Å². The Balaban J connectivity index is 1.45. The minimum Gasteiger partial charge on any atom is -0.490 e. The van der Waals surface area contributed by atoms with Crippen LogP contribution in [0.5, 0.6) is 5.75 Å². The van der Waals surface area contributed by atoms with E-state index in [4.69, 9.17) is 10.5 Å². The monoisotopic (exact) mass is 454 g/mol. The number of pyridine rings is 1. The van der Waals surface area contributed by atoms with E-state index in [-0.39, 0.29) is 18.5 Å². The molecule has 0 saturated carbocycles. The maximum atomic E-state index is 14.0. The average molecular weight is 455 g/mol. The van der Waals surface area contributed by atoms with Crippen LogP contribution >= 0.6 is 15.9 Å². The molecule has 2 aromatic heterocycles. The molecule has 3 N–H and O–H groups in total. The molecule has 0 bridgehead atoms. The molecule has 0 aliphatic rings. The highest BCUT2D eigenvalue weighted by Gasteiger charge is 2.11. The van der Waals surface area contributed by atoms with Crippen molar-refractivity contribution in [2.75, 3.05) is 6.61 Å². The highest BCUT2D eigenvalue weighted by molar-refractivity contribution is 9.10. The number of aromatic nitrogens is 3. The lowest BCUT2D eigenvalue weighted by atomic mass is 10.0. The van der Waals surface area contributed by atoms with Crippen molar-refractivity contribution < 1.29 is 9.13 Å². The zero-order chi connectivity index (χ0) is 20.4. The molecule has 5 nitrogen and oxygen atoms in total. The van der Waals surface area contributed by atoms with E-state index in [1.165, 1.54) is 6.07 Å². The molecule has 0 spiro atoms. The number of aromatic amines is 1. The lowest BCUT2D eigenvalue weighted by Crippen LogP contribution is -2.30. The van der Waals surface area contributed by atoms with E-state index in [1.54, 1.807) is 24.5 Å². The molecule has 148 valence electrons. The number of hydrogen-bond donors (Lipinski definition) is 2. The number of nitrogens with two attached hydrogens (primary N) is 1. The van der Waals surface area contributed by atoms with Gasteiger partial charge in [-0.25, -0.2) is 4.39 Å². The van der Waals surface area contributed by atoms with Crippen LogP contribution in [-0.4, -0.2) is 27.8 Å². The molecule has 0 fully saturated rings. The predicted octanol–water partition coefficient (Wildman–Crippen LogP) is 4.78. The third kappa shape index (κ3) is 4.46. The van der Waals surface area contributed by atoms with Gasteiger partial charge in [-0.15, -0.1) is 0 Å². The normalized spacial score (nSPS) is 12.3. The molecule has 7 heteroatoms. The standard InChI is InChI=1S/C22H20BrFN4O/c1-13-20-8-14(3-5-22(20)28-27-13)16-7-19(11-26-10-16)29-12-18(25)6-15-2-4-17(23)9-21(15)24/h2-5,7-11,18H,6,12,25H2,1H3,(H,27,28)/t18-/m0/s1. The summed E-state index contributed by atoms with van der Waals surface area (Å²) in [6.07, 6.45) is 3.83. The van der Waals surface area contributed by atoms with Gasteiger partial charge < -0.3 is 10.5 Å². The SMILES string of the molecule is Cc1n[nH]c2ccc(-c3cncc(OC[C@@H](N)Cc4ccc(Br)cc4F)c3)cc12. The average Bonchev–Trinajstić information content (AvgIpc) is 3.09. The van der Waals surface area contributed by atoms with E-state index in [0.29, 0.717) is 22.2 Å². The minimum absolute atomic E-state index is 0.264. The van der Waals surface area contributed by atoms with Crippen LogP contribution in [0.4, 0.5) is 4.39 Å². The van der Waals surface area contributed by atoms with Crippen LogP contribution in [0.15, 0.2) is 59.3 Å². The van der Waals surface area contributed by atoms with Crippen molar-refractivity contribution in [1.29, 1.82) is 0 Å². The Hall–Kier alpha value is -2.77. The Kier molecular flexibility index (Phi) is 5.60. The Labute approximate surface area is 176 Å². The second-order valence-electron chi connectivity index (χ2n) is 6.99. The zero-order valence-corrected chi connectivity index (χ0v) is 17.4. The molecule has 0 unspecified atom stereocenters. The number of rotatable bonds is 6. The summed E-state index contributed by atoms with van der Waals surface area (Å²) in [6.45, 7) is 2.23. The van der Waals surface area contributed by atoms with Gasteiger partial charge in [0.1, 0.15) is 18.2 Å². The first kappa shape index (κ1) is 19.5. The second-order valence-corrected chi connectivity index (χ2v) is 7.91. The summed E-state index contributed by atoms with van der Waals surface area (Å²) in [5.74, 6) is 0.349. The largest absolute Gasteiger partial charge is 0.490 e. The zero-order valence-electron chi connectivity index (χ0n) is 15.8. The van der Waals surface area contributed by atoms with Gasteiger partial charge in [0.15, 0.2) is 0 Å². The fourth-order valence-electron chi connectivity index (χ4n) is 3.21. The van der Waals surface area contributed by atoms with Crippen LogP contribution in [0, 0.1) is 12.7 Å². The van der Waals surface area contributed by atoms with Gasteiger partial charge in [0, 0.05) is 27.7 Å². The summed E-state index contributed by atoms with van der Waals surface area (Å²) in [4.78, 5) is 4.28. The topological polar surface area (TPSA) is 76.8 Å². The molecular weight excluding hydrogens is 435 g/mol. The lowest BCUT2D eigenvalue weighted by Gasteiger charge is -2.14. The number of fused-ring (bicyclic) bond motifs is 1. The highest BCUT2D eigenvalue weighted by atomic mass is 79.9. The van der Waals surface area contributed by atoms with Gasteiger partial charge in [0.25, 0.3) is 0 Å². The van der Waals surface area contributed by atoms with Crippen molar-refractivity contribution in [3.05, 3.63) is 76.4 Å². The van der Waals surface area contributed by atoms with Crippen LogP contribution in [0.25, 0.3) is 22.0 Å². The quantitative estimate of drug-likeness (QED) is 0.439. The third-order valence-corrected chi connectivity index (χ3v) is 5.25. The summed E-state index contributed by atoms with van der Waals surface area (Å²) in [6, 6.07) is 12.7. The van der Waals surface area contributed by atoms with Crippen molar-refractivity contribution >= 4 is 26.8 Å². The number of benzene rings is 2. The van der Waals surface area contributed by atoms with Crippen molar-refractivity contribution in [3.63, 3.8) is 0 Å². The molecular formula is C22H20BrFN4O. The number of hydrogen-bond acceptors (Lipinski definition) is 4. The number of nitrogens with one attached hydrogen (secondary N) is 1. The number of aryl methyl sites for hydroxylation is 1. The van der Waals surface area contributed by atoms with Crippen LogP contribution < -0.4 is 10.5 Å². The van der Waals surface area contributed by atoms with Crippen molar-refractivity contribution in [3.8, 4) is 16.9 Å². The van der Waals surface area contributed by atoms with Gasteiger partial charge >= 0.3 is 0 Å². The number of halogens is 2. The van der Waals surface area contributed by atoms with Gasteiger partial charge in [0.2, 0.25) is 0 Å². The van der Waals surface area contributed by atoms with E-state index in [0.717, 1.165) is 27.7 Å². The molecule has 1 atom stereocenters. The van der Waals surface area contributed by atoms with Gasteiger partial charge in [0.05, 0.1) is 17.4 Å². The Morgan fingerprint density at radius 1 is 1.14 bits per heavy atom.